The molecule has 0 aliphatic heterocycles. The van der Waals surface area contributed by atoms with Crippen molar-refractivity contribution in [1.29, 1.82) is 0 Å². The van der Waals surface area contributed by atoms with E-state index in [4.69, 9.17) is 4.74 Å². The van der Waals surface area contributed by atoms with Crippen LogP contribution in [0.2, 0.25) is 0 Å². The van der Waals surface area contributed by atoms with Crippen LogP contribution in [0.4, 0.5) is 4.39 Å². The number of hydrogen-bond acceptors (Lipinski definition) is 3. The lowest BCUT2D eigenvalue weighted by Gasteiger charge is -2.28. The number of aromatic nitrogens is 1. The zero-order valence-electron chi connectivity index (χ0n) is 10.6. The van der Waals surface area contributed by atoms with Crippen molar-refractivity contribution in [3.8, 4) is 0 Å². The Morgan fingerprint density at radius 2 is 2.33 bits per heavy atom. The molecule has 0 spiro atoms. The maximum absolute atomic E-state index is 12.6. The second-order valence-electron chi connectivity index (χ2n) is 4.84. The fraction of sp³-hybridized carbons (Fsp3) is 0.571. The summed E-state index contributed by atoms with van der Waals surface area (Å²) < 4.78 is 18.1. The Hall–Kier alpha value is -1.45. The summed E-state index contributed by atoms with van der Waals surface area (Å²) in [6, 6.07) is 2.58. The molecule has 1 heterocycles. The quantitative estimate of drug-likeness (QED) is 0.611. The van der Waals surface area contributed by atoms with Gasteiger partial charge in [-0.25, -0.2) is 9.78 Å². The summed E-state index contributed by atoms with van der Waals surface area (Å²) in [5.74, 6) is -0.331. The van der Waals surface area contributed by atoms with Crippen LogP contribution in [-0.4, -0.2) is 17.1 Å². The van der Waals surface area contributed by atoms with E-state index in [-0.39, 0.29) is 6.10 Å². The van der Waals surface area contributed by atoms with Crippen LogP contribution in [0.3, 0.4) is 0 Å². The van der Waals surface area contributed by atoms with Crippen LogP contribution in [0.1, 0.15) is 49.4 Å². The van der Waals surface area contributed by atoms with Gasteiger partial charge in [0.25, 0.3) is 0 Å². The van der Waals surface area contributed by atoms with E-state index in [2.05, 4.69) is 11.9 Å². The maximum atomic E-state index is 12.6. The van der Waals surface area contributed by atoms with Crippen LogP contribution in [0.15, 0.2) is 18.3 Å². The van der Waals surface area contributed by atoms with Gasteiger partial charge < -0.3 is 4.74 Å². The Kier molecular flexibility index (Phi) is 4.28. The summed E-state index contributed by atoms with van der Waals surface area (Å²) >= 11 is 0. The Morgan fingerprint density at radius 1 is 1.50 bits per heavy atom. The number of hydrogen-bond donors (Lipinski definition) is 0. The lowest BCUT2D eigenvalue weighted by molar-refractivity contribution is 0.0139. The molecular weight excluding hydrogens is 233 g/mol. The summed E-state index contributed by atoms with van der Waals surface area (Å²) in [5.41, 5.74) is 0.315. The Labute approximate surface area is 106 Å². The van der Waals surface area contributed by atoms with Crippen molar-refractivity contribution in [3.05, 3.63) is 29.8 Å². The molecule has 0 N–H and O–H groups in total. The summed E-state index contributed by atoms with van der Waals surface area (Å²) in [6.07, 6.45) is 6.56. The Morgan fingerprint density at radius 3 is 3.00 bits per heavy atom. The minimum atomic E-state index is -0.588. The molecular formula is C14H18FNO2. The van der Waals surface area contributed by atoms with E-state index in [9.17, 15) is 9.18 Å². The third kappa shape index (κ3) is 3.28. The first-order valence-corrected chi connectivity index (χ1v) is 6.51. The normalized spacial score (nSPS) is 23.7. The number of nitrogens with zero attached hydrogens (tertiary/aromatic N) is 1. The van der Waals surface area contributed by atoms with Crippen molar-refractivity contribution in [1.82, 2.24) is 4.98 Å². The van der Waals surface area contributed by atoms with E-state index in [1.165, 1.54) is 24.8 Å². The average Bonchev–Trinajstić information content (AvgIpc) is 2.39. The van der Waals surface area contributed by atoms with Gasteiger partial charge in [0, 0.05) is 6.20 Å². The minimum absolute atomic E-state index is 0.00116. The molecule has 2 rings (SSSR count). The largest absolute Gasteiger partial charge is 0.459 e. The smallest absolute Gasteiger partial charge is 0.339 e. The molecule has 1 aromatic rings. The maximum Gasteiger partial charge on any atom is 0.339 e. The SMILES string of the molecule is CCC1CCCC(OC(=O)c2ccc(F)nc2)C1. The Bertz CT molecular complexity index is 405. The summed E-state index contributed by atoms with van der Waals surface area (Å²) in [7, 11) is 0. The van der Waals surface area contributed by atoms with Crippen molar-refractivity contribution in [2.24, 2.45) is 5.92 Å². The van der Waals surface area contributed by atoms with Gasteiger partial charge in [0.1, 0.15) is 6.10 Å². The van der Waals surface area contributed by atoms with Crippen molar-refractivity contribution < 1.29 is 13.9 Å². The highest BCUT2D eigenvalue weighted by molar-refractivity contribution is 5.89. The molecule has 18 heavy (non-hydrogen) atoms. The second kappa shape index (κ2) is 5.94. The zero-order chi connectivity index (χ0) is 13.0. The zero-order valence-corrected chi connectivity index (χ0v) is 10.6. The molecule has 4 heteroatoms. The van der Waals surface area contributed by atoms with Crippen LogP contribution in [0.25, 0.3) is 0 Å². The summed E-state index contributed by atoms with van der Waals surface area (Å²) in [6.45, 7) is 2.17. The van der Waals surface area contributed by atoms with E-state index in [0.717, 1.165) is 25.7 Å². The van der Waals surface area contributed by atoms with E-state index in [0.29, 0.717) is 11.5 Å². The fourth-order valence-corrected chi connectivity index (χ4v) is 2.44. The molecule has 1 fully saturated rings. The molecule has 0 amide bonds. The number of halogens is 1. The van der Waals surface area contributed by atoms with Crippen LogP contribution in [0.5, 0.6) is 0 Å². The highest BCUT2D eigenvalue weighted by Gasteiger charge is 2.24. The average molecular weight is 251 g/mol. The van der Waals surface area contributed by atoms with Crippen LogP contribution in [-0.2, 0) is 4.74 Å². The van der Waals surface area contributed by atoms with Gasteiger partial charge in [-0.15, -0.1) is 0 Å². The van der Waals surface area contributed by atoms with E-state index >= 15 is 0 Å². The van der Waals surface area contributed by atoms with E-state index < -0.39 is 11.9 Å². The van der Waals surface area contributed by atoms with Gasteiger partial charge in [0.05, 0.1) is 5.56 Å². The third-order valence-electron chi connectivity index (χ3n) is 3.55. The topological polar surface area (TPSA) is 39.2 Å². The van der Waals surface area contributed by atoms with Gasteiger partial charge in [-0.05, 0) is 37.3 Å². The van der Waals surface area contributed by atoms with Crippen molar-refractivity contribution in [3.63, 3.8) is 0 Å². The fourth-order valence-electron chi connectivity index (χ4n) is 2.44. The first kappa shape index (κ1) is 13.0. The van der Waals surface area contributed by atoms with E-state index in [1.54, 1.807) is 0 Å². The molecule has 0 radical (unpaired) electrons. The standard InChI is InChI=1S/C14H18FNO2/c1-2-10-4-3-5-12(8-10)18-14(17)11-6-7-13(15)16-9-11/h6-7,9-10,12H,2-5,8H2,1H3. The molecule has 1 aliphatic carbocycles. The first-order valence-electron chi connectivity index (χ1n) is 6.51. The van der Waals surface area contributed by atoms with Gasteiger partial charge >= 0.3 is 5.97 Å². The van der Waals surface area contributed by atoms with Crippen LogP contribution in [0, 0.1) is 11.9 Å². The van der Waals surface area contributed by atoms with Gasteiger partial charge in [-0.2, -0.15) is 4.39 Å². The van der Waals surface area contributed by atoms with Crippen LogP contribution >= 0.6 is 0 Å². The summed E-state index contributed by atoms with van der Waals surface area (Å²) in [5, 5.41) is 0. The molecule has 1 aliphatic rings. The molecule has 0 aromatic carbocycles. The highest BCUT2D eigenvalue weighted by Crippen LogP contribution is 2.28. The molecule has 2 atom stereocenters. The van der Waals surface area contributed by atoms with Gasteiger partial charge in [-0.3, -0.25) is 0 Å². The molecule has 0 bridgehead atoms. The minimum Gasteiger partial charge on any atom is -0.459 e. The predicted molar refractivity (Wildman–Crippen MR) is 65.6 cm³/mol. The van der Waals surface area contributed by atoms with Crippen molar-refractivity contribution >= 4 is 5.97 Å². The number of rotatable bonds is 3. The first-order chi connectivity index (χ1) is 8.69. The third-order valence-corrected chi connectivity index (χ3v) is 3.55. The molecule has 2 unspecified atom stereocenters. The van der Waals surface area contributed by atoms with E-state index in [1.807, 2.05) is 0 Å². The predicted octanol–water partition coefficient (Wildman–Crippen LogP) is 3.35. The molecule has 1 saturated carbocycles. The van der Waals surface area contributed by atoms with Gasteiger partial charge in [0.15, 0.2) is 0 Å². The van der Waals surface area contributed by atoms with Gasteiger partial charge in [0.2, 0.25) is 5.95 Å². The second-order valence-corrected chi connectivity index (χ2v) is 4.84. The Balaban J connectivity index is 1.92. The van der Waals surface area contributed by atoms with Crippen LogP contribution < -0.4 is 0 Å². The molecule has 0 saturated heterocycles. The lowest BCUT2D eigenvalue weighted by Crippen LogP contribution is -2.25. The molecule has 3 nitrogen and oxygen atoms in total. The number of ether oxygens (including phenoxy) is 1. The molecule has 1 aromatic heterocycles. The number of esters is 1. The highest BCUT2D eigenvalue weighted by atomic mass is 19.1. The monoisotopic (exact) mass is 251 g/mol. The number of pyridine rings is 1. The van der Waals surface area contributed by atoms with Gasteiger partial charge in [-0.1, -0.05) is 19.8 Å². The number of carbonyl (C=O) groups is 1. The lowest BCUT2D eigenvalue weighted by atomic mass is 9.85. The molecule has 98 valence electrons. The number of carbonyl (C=O) groups excluding carboxylic acids is 1. The van der Waals surface area contributed by atoms with Crippen molar-refractivity contribution in [2.45, 2.75) is 45.1 Å². The summed E-state index contributed by atoms with van der Waals surface area (Å²) in [4.78, 5) is 15.3. The van der Waals surface area contributed by atoms with Crippen molar-refractivity contribution in [2.75, 3.05) is 0 Å².